The van der Waals surface area contributed by atoms with Gasteiger partial charge in [-0.2, -0.15) is 0 Å². The standard InChI is InChI=1S/C13H14N2O5/c1-7(17)14-11(6-16)13(19)12(18)9-5-8(20-2)3-4-10(9)15-13/h3-6,11,15,19H,1-2H3,(H,14,17). The summed E-state index contributed by atoms with van der Waals surface area (Å²) in [6.45, 7) is 1.19. The molecule has 20 heavy (non-hydrogen) atoms. The molecule has 1 aliphatic rings. The second-order valence-corrected chi connectivity index (χ2v) is 4.45. The average molecular weight is 278 g/mol. The van der Waals surface area contributed by atoms with Gasteiger partial charge in [0.05, 0.1) is 7.11 Å². The molecule has 2 rings (SSSR count). The maximum atomic E-state index is 12.3. The van der Waals surface area contributed by atoms with Crippen LogP contribution in [0.5, 0.6) is 5.75 Å². The number of carbonyl (C=O) groups is 3. The van der Waals surface area contributed by atoms with Gasteiger partial charge < -0.3 is 25.3 Å². The lowest BCUT2D eigenvalue weighted by Crippen LogP contribution is -2.60. The molecule has 1 amide bonds. The Morgan fingerprint density at radius 2 is 2.25 bits per heavy atom. The molecule has 7 heteroatoms. The van der Waals surface area contributed by atoms with E-state index < -0.39 is 23.5 Å². The molecule has 2 atom stereocenters. The van der Waals surface area contributed by atoms with Gasteiger partial charge >= 0.3 is 0 Å². The first kappa shape index (κ1) is 14.0. The highest BCUT2D eigenvalue weighted by Gasteiger charge is 2.50. The van der Waals surface area contributed by atoms with Crippen molar-refractivity contribution in [2.24, 2.45) is 0 Å². The van der Waals surface area contributed by atoms with Crippen LogP contribution in [-0.2, 0) is 9.59 Å². The third kappa shape index (κ3) is 2.12. The Labute approximate surface area is 114 Å². The summed E-state index contributed by atoms with van der Waals surface area (Å²) in [7, 11) is 1.45. The van der Waals surface area contributed by atoms with E-state index in [1.54, 1.807) is 12.1 Å². The van der Waals surface area contributed by atoms with Crippen LogP contribution in [0.2, 0.25) is 0 Å². The van der Waals surface area contributed by atoms with Crippen LogP contribution in [0.25, 0.3) is 0 Å². The van der Waals surface area contributed by atoms with Crippen LogP contribution in [0.3, 0.4) is 0 Å². The van der Waals surface area contributed by atoms with E-state index in [0.29, 0.717) is 17.7 Å². The fourth-order valence-electron chi connectivity index (χ4n) is 2.09. The summed E-state index contributed by atoms with van der Waals surface area (Å²) in [5, 5.41) is 15.2. The molecule has 1 aromatic rings. The van der Waals surface area contributed by atoms with Gasteiger partial charge in [-0.1, -0.05) is 0 Å². The van der Waals surface area contributed by atoms with Crippen molar-refractivity contribution in [1.82, 2.24) is 5.32 Å². The molecule has 3 N–H and O–H groups in total. The number of rotatable bonds is 4. The number of benzene rings is 1. The van der Waals surface area contributed by atoms with E-state index >= 15 is 0 Å². The predicted octanol–water partition coefficient (Wildman–Crippen LogP) is -0.304. The van der Waals surface area contributed by atoms with Gasteiger partial charge in [0.2, 0.25) is 17.4 Å². The number of amides is 1. The fraction of sp³-hybridized carbons (Fsp3) is 0.308. The van der Waals surface area contributed by atoms with Gasteiger partial charge in [0.15, 0.2) is 0 Å². The molecule has 0 fully saturated rings. The van der Waals surface area contributed by atoms with Gasteiger partial charge in [-0.25, -0.2) is 0 Å². The second-order valence-electron chi connectivity index (χ2n) is 4.45. The highest BCUT2D eigenvalue weighted by Crippen LogP contribution is 2.34. The first-order valence-corrected chi connectivity index (χ1v) is 5.88. The number of ether oxygens (including phenoxy) is 1. The van der Waals surface area contributed by atoms with Crippen LogP contribution in [0, 0.1) is 0 Å². The molecule has 1 aromatic carbocycles. The van der Waals surface area contributed by atoms with Crippen LogP contribution in [0.1, 0.15) is 17.3 Å². The van der Waals surface area contributed by atoms with Crippen molar-refractivity contribution in [1.29, 1.82) is 0 Å². The lowest BCUT2D eigenvalue weighted by molar-refractivity contribution is -0.125. The van der Waals surface area contributed by atoms with Gasteiger partial charge in [-0.15, -0.1) is 0 Å². The molecule has 0 aliphatic carbocycles. The molecule has 0 aromatic heterocycles. The number of carbonyl (C=O) groups excluding carboxylic acids is 3. The maximum Gasteiger partial charge on any atom is 0.228 e. The molecule has 0 bridgehead atoms. The zero-order valence-electron chi connectivity index (χ0n) is 11.0. The SMILES string of the molecule is COc1ccc2c(c1)C(=O)C(O)(C(C=O)NC(C)=O)N2. The minimum atomic E-state index is -2.19. The van der Waals surface area contributed by atoms with Crippen LogP contribution in [0.15, 0.2) is 18.2 Å². The third-order valence-electron chi connectivity index (χ3n) is 3.09. The largest absolute Gasteiger partial charge is 0.497 e. The number of ketones is 1. The average Bonchev–Trinajstić information content (AvgIpc) is 2.68. The third-order valence-corrected chi connectivity index (χ3v) is 3.09. The predicted molar refractivity (Wildman–Crippen MR) is 69.6 cm³/mol. The summed E-state index contributed by atoms with van der Waals surface area (Å²) in [6.07, 6.45) is 0.315. The molecule has 2 unspecified atom stereocenters. The zero-order valence-corrected chi connectivity index (χ0v) is 11.0. The van der Waals surface area contributed by atoms with Crippen LogP contribution >= 0.6 is 0 Å². The molecular formula is C13H14N2O5. The zero-order chi connectivity index (χ0) is 14.9. The number of aldehydes is 1. The summed E-state index contributed by atoms with van der Waals surface area (Å²) in [4.78, 5) is 34.4. The van der Waals surface area contributed by atoms with Gasteiger partial charge in [0.1, 0.15) is 18.1 Å². The molecule has 1 heterocycles. The number of hydrogen-bond acceptors (Lipinski definition) is 6. The minimum Gasteiger partial charge on any atom is -0.497 e. The van der Waals surface area contributed by atoms with E-state index in [9.17, 15) is 19.5 Å². The van der Waals surface area contributed by atoms with E-state index in [1.165, 1.54) is 20.1 Å². The van der Waals surface area contributed by atoms with E-state index in [-0.39, 0.29) is 5.56 Å². The number of anilines is 1. The first-order valence-electron chi connectivity index (χ1n) is 5.88. The number of fused-ring (bicyclic) bond motifs is 1. The van der Waals surface area contributed by atoms with Crippen molar-refractivity contribution >= 4 is 23.7 Å². The molecule has 1 aliphatic heterocycles. The smallest absolute Gasteiger partial charge is 0.228 e. The number of methoxy groups -OCH3 is 1. The van der Waals surface area contributed by atoms with Crippen molar-refractivity contribution in [3.8, 4) is 5.75 Å². The maximum absolute atomic E-state index is 12.3. The van der Waals surface area contributed by atoms with E-state index in [4.69, 9.17) is 4.74 Å². The van der Waals surface area contributed by atoms with Gasteiger partial charge in [0, 0.05) is 18.2 Å². The van der Waals surface area contributed by atoms with Gasteiger partial charge in [0.25, 0.3) is 0 Å². The molecule has 7 nitrogen and oxygen atoms in total. The number of aliphatic hydroxyl groups is 1. The molecule has 106 valence electrons. The van der Waals surface area contributed by atoms with Crippen molar-refractivity contribution in [2.45, 2.75) is 18.7 Å². The summed E-state index contributed by atoms with van der Waals surface area (Å²) in [5.74, 6) is -0.777. The number of Topliss-reactive ketones (excluding diaryl/α,β-unsaturated/α-hetero) is 1. The summed E-state index contributed by atoms with van der Waals surface area (Å²) >= 11 is 0. The Bertz CT molecular complexity index is 586. The highest BCUT2D eigenvalue weighted by molar-refractivity contribution is 6.14. The normalized spacial score (nSPS) is 21.6. The second kappa shape index (κ2) is 4.93. The van der Waals surface area contributed by atoms with Crippen LogP contribution in [0.4, 0.5) is 5.69 Å². The summed E-state index contributed by atoms with van der Waals surface area (Å²) < 4.78 is 5.01. The Hall–Kier alpha value is -2.41. The molecule has 0 saturated heterocycles. The number of hydrogen-bond donors (Lipinski definition) is 3. The highest BCUT2D eigenvalue weighted by atomic mass is 16.5. The molecule has 0 spiro atoms. The lowest BCUT2D eigenvalue weighted by Gasteiger charge is -2.27. The molecule has 0 saturated carbocycles. The van der Waals surface area contributed by atoms with Gasteiger partial charge in [-0.3, -0.25) is 9.59 Å². The Balaban J connectivity index is 2.39. The minimum absolute atomic E-state index is 0.198. The van der Waals surface area contributed by atoms with E-state index in [1.807, 2.05) is 0 Å². The topological polar surface area (TPSA) is 105 Å². The Morgan fingerprint density at radius 1 is 1.55 bits per heavy atom. The monoisotopic (exact) mass is 278 g/mol. The Kier molecular flexibility index (Phi) is 3.46. The van der Waals surface area contributed by atoms with E-state index in [2.05, 4.69) is 10.6 Å². The van der Waals surface area contributed by atoms with Crippen molar-refractivity contribution in [3.05, 3.63) is 23.8 Å². The molecular weight excluding hydrogens is 264 g/mol. The molecule has 0 radical (unpaired) electrons. The van der Waals surface area contributed by atoms with Crippen molar-refractivity contribution < 1.29 is 24.2 Å². The van der Waals surface area contributed by atoms with Gasteiger partial charge in [-0.05, 0) is 18.2 Å². The Morgan fingerprint density at radius 3 is 2.80 bits per heavy atom. The number of nitrogens with one attached hydrogen (secondary N) is 2. The van der Waals surface area contributed by atoms with Crippen LogP contribution < -0.4 is 15.4 Å². The van der Waals surface area contributed by atoms with Crippen molar-refractivity contribution in [3.63, 3.8) is 0 Å². The fourth-order valence-corrected chi connectivity index (χ4v) is 2.09. The lowest BCUT2D eigenvalue weighted by atomic mass is 9.98. The quantitative estimate of drug-likeness (QED) is 0.653. The summed E-state index contributed by atoms with van der Waals surface area (Å²) in [6, 6.07) is 3.24. The summed E-state index contributed by atoms with van der Waals surface area (Å²) in [5.41, 5.74) is -1.62. The van der Waals surface area contributed by atoms with Crippen LogP contribution in [-0.4, -0.2) is 42.0 Å². The van der Waals surface area contributed by atoms with Crippen molar-refractivity contribution in [2.75, 3.05) is 12.4 Å². The first-order chi connectivity index (χ1) is 9.42. The van der Waals surface area contributed by atoms with E-state index in [0.717, 1.165) is 0 Å².